The van der Waals surface area contributed by atoms with E-state index in [-0.39, 0.29) is 11.5 Å². The van der Waals surface area contributed by atoms with E-state index in [1.807, 2.05) is 0 Å². The summed E-state index contributed by atoms with van der Waals surface area (Å²) < 4.78 is 0. The molecule has 0 aromatic rings. The zero-order valence-electron chi connectivity index (χ0n) is 12.7. The van der Waals surface area contributed by atoms with Gasteiger partial charge in [-0.2, -0.15) is 0 Å². The van der Waals surface area contributed by atoms with Crippen molar-refractivity contribution in [3.05, 3.63) is 0 Å². The van der Waals surface area contributed by atoms with Gasteiger partial charge in [-0.3, -0.25) is 4.79 Å². The van der Waals surface area contributed by atoms with Crippen LogP contribution in [0.5, 0.6) is 0 Å². The molecule has 4 saturated carbocycles. The number of hydrogen-bond donors (Lipinski definition) is 1. The maximum Gasteiger partial charge on any atom is 0.133 e. The Morgan fingerprint density at radius 3 is 2.70 bits per heavy atom. The molecule has 1 unspecified atom stereocenters. The monoisotopic (exact) mass is 276 g/mol. The zero-order chi connectivity index (χ0) is 13.9. The van der Waals surface area contributed by atoms with Gasteiger partial charge < -0.3 is 5.11 Å². The highest BCUT2D eigenvalue weighted by molar-refractivity contribution is 5.79. The van der Waals surface area contributed by atoms with Crippen molar-refractivity contribution < 1.29 is 9.90 Å². The molecule has 112 valence electrons. The van der Waals surface area contributed by atoms with Gasteiger partial charge in [0.1, 0.15) is 5.78 Å². The molecule has 1 N–H and O–H groups in total. The number of fused-ring (bicyclic) bond motifs is 5. The highest BCUT2D eigenvalue weighted by Crippen LogP contribution is 2.62. The lowest BCUT2D eigenvalue weighted by molar-refractivity contribution is -0.128. The molecule has 4 rings (SSSR count). The Kier molecular flexibility index (Phi) is 3.03. The lowest BCUT2D eigenvalue weighted by atomic mass is 9.50. The van der Waals surface area contributed by atoms with Gasteiger partial charge in [-0.25, -0.2) is 0 Å². The first kappa shape index (κ1) is 13.3. The van der Waals surface area contributed by atoms with Crippen LogP contribution in [0.1, 0.15) is 64.7 Å². The fraction of sp³-hybridized carbons (Fsp3) is 0.944. The van der Waals surface area contributed by atoms with E-state index in [1.165, 1.54) is 32.1 Å². The molecule has 0 heterocycles. The highest BCUT2D eigenvalue weighted by atomic mass is 16.3. The first-order valence-electron chi connectivity index (χ1n) is 8.79. The summed E-state index contributed by atoms with van der Waals surface area (Å²) in [6.45, 7) is 2.35. The smallest absolute Gasteiger partial charge is 0.133 e. The molecule has 20 heavy (non-hydrogen) atoms. The number of aliphatic hydroxyl groups excluding tert-OH is 1. The number of hydrogen-bond acceptors (Lipinski definition) is 2. The van der Waals surface area contributed by atoms with E-state index < -0.39 is 0 Å². The van der Waals surface area contributed by atoms with Gasteiger partial charge in [-0.15, -0.1) is 0 Å². The summed E-state index contributed by atoms with van der Waals surface area (Å²) >= 11 is 0. The van der Waals surface area contributed by atoms with Crippen molar-refractivity contribution in [2.24, 2.45) is 35.0 Å². The Balaban J connectivity index is 1.58. The van der Waals surface area contributed by atoms with Crippen LogP contribution in [-0.4, -0.2) is 17.0 Å². The maximum atomic E-state index is 11.7. The summed E-state index contributed by atoms with van der Waals surface area (Å²) in [5.41, 5.74) is 0.207. The molecule has 0 radical (unpaired) electrons. The largest absolute Gasteiger partial charge is 0.393 e. The Morgan fingerprint density at radius 2 is 1.85 bits per heavy atom. The van der Waals surface area contributed by atoms with Crippen LogP contribution in [0.2, 0.25) is 0 Å². The van der Waals surface area contributed by atoms with Crippen LogP contribution in [0, 0.1) is 35.0 Å². The Bertz CT molecular complexity index is 418. The van der Waals surface area contributed by atoms with Crippen LogP contribution < -0.4 is 0 Å². The number of carbonyl (C=O) groups is 1. The molecule has 0 aromatic heterocycles. The van der Waals surface area contributed by atoms with Gasteiger partial charge in [0.25, 0.3) is 0 Å². The highest BCUT2D eigenvalue weighted by Gasteiger charge is 2.56. The molecule has 0 spiro atoms. The zero-order valence-corrected chi connectivity index (χ0v) is 12.7. The van der Waals surface area contributed by atoms with E-state index in [4.69, 9.17) is 0 Å². The summed E-state index contributed by atoms with van der Waals surface area (Å²) in [6, 6.07) is 0. The van der Waals surface area contributed by atoms with E-state index in [0.717, 1.165) is 49.4 Å². The summed E-state index contributed by atoms with van der Waals surface area (Å²) in [6.07, 6.45) is 10.2. The molecule has 4 aliphatic rings. The topological polar surface area (TPSA) is 37.3 Å². The molecular formula is C18H28O2. The van der Waals surface area contributed by atoms with Crippen molar-refractivity contribution in [2.75, 3.05) is 0 Å². The minimum atomic E-state index is -0.0564. The number of rotatable bonds is 0. The van der Waals surface area contributed by atoms with Crippen LogP contribution in [0.25, 0.3) is 0 Å². The second-order valence-corrected chi connectivity index (χ2v) is 8.35. The molecule has 0 aromatic carbocycles. The van der Waals surface area contributed by atoms with Gasteiger partial charge in [-0.1, -0.05) is 6.92 Å². The lowest BCUT2D eigenvalue weighted by Gasteiger charge is -2.55. The van der Waals surface area contributed by atoms with Crippen LogP contribution in [-0.2, 0) is 4.79 Å². The van der Waals surface area contributed by atoms with Crippen molar-refractivity contribution in [3.8, 4) is 0 Å². The van der Waals surface area contributed by atoms with E-state index in [2.05, 4.69) is 6.92 Å². The van der Waals surface area contributed by atoms with E-state index in [1.54, 1.807) is 0 Å². The molecule has 0 amide bonds. The van der Waals surface area contributed by atoms with Gasteiger partial charge in [0.2, 0.25) is 0 Å². The molecule has 7 atom stereocenters. The fourth-order valence-corrected chi connectivity index (χ4v) is 6.63. The quantitative estimate of drug-likeness (QED) is 0.734. The molecule has 2 nitrogen and oxygen atoms in total. The van der Waals surface area contributed by atoms with Gasteiger partial charge in [0.05, 0.1) is 6.10 Å². The third-order valence-electron chi connectivity index (χ3n) is 7.72. The summed E-state index contributed by atoms with van der Waals surface area (Å²) in [7, 11) is 0. The summed E-state index contributed by atoms with van der Waals surface area (Å²) in [5.74, 6) is 4.52. The Labute approximate surface area is 122 Å². The fourth-order valence-electron chi connectivity index (χ4n) is 6.63. The van der Waals surface area contributed by atoms with E-state index >= 15 is 0 Å². The van der Waals surface area contributed by atoms with Crippen molar-refractivity contribution in [2.45, 2.75) is 70.8 Å². The van der Waals surface area contributed by atoms with Crippen molar-refractivity contribution in [1.82, 2.24) is 0 Å². The number of Topliss-reactive ketones (excluding diaryl/α,β-unsaturated/α-hetero) is 1. The van der Waals surface area contributed by atoms with Crippen molar-refractivity contribution in [3.63, 3.8) is 0 Å². The lowest BCUT2D eigenvalue weighted by Crippen LogP contribution is -2.49. The Hall–Kier alpha value is -0.370. The second-order valence-electron chi connectivity index (χ2n) is 8.35. The van der Waals surface area contributed by atoms with Crippen LogP contribution in [0.4, 0.5) is 0 Å². The summed E-state index contributed by atoms with van der Waals surface area (Å²) in [5, 5.41) is 10.4. The second kappa shape index (κ2) is 4.56. The van der Waals surface area contributed by atoms with Gasteiger partial charge in [0.15, 0.2) is 0 Å². The van der Waals surface area contributed by atoms with Crippen molar-refractivity contribution in [1.29, 1.82) is 0 Å². The van der Waals surface area contributed by atoms with Gasteiger partial charge in [0, 0.05) is 12.8 Å². The molecule has 0 saturated heterocycles. The minimum absolute atomic E-state index is 0.0564. The average Bonchev–Trinajstić information content (AvgIpc) is 2.74. The third-order valence-corrected chi connectivity index (χ3v) is 7.72. The number of carbonyl (C=O) groups excluding carboxylic acids is 1. The molecule has 4 fully saturated rings. The first-order valence-corrected chi connectivity index (χ1v) is 8.79. The van der Waals surface area contributed by atoms with Crippen LogP contribution in [0.15, 0.2) is 0 Å². The predicted octanol–water partition coefficient (Wildman–Crippen LogP) is 3.57. The third kappa shape index (κ3) is 1.76. The summed E-state index contributed by atoms with van der Waals surface area (Å²) in [4.78, 5) is 11.7. The normalized spacial score (nSPS) is 55.0. The van der Waals surface area contributed by atoms with Crippen LogP contribution in [0.3, 0.4) is 0 Å². The Morgan fingerprint density at radius 1 is 1.00 bits per heavy atom. The number of aliphatic hydroxyl groups is 1. The first-order chi connectivity index (χ1) is 9.59. The molecular weight excluding hydrogens is 248 g/mol. The SMILES string of the molecule is C[C@]12CC[C@H]3[C@@H](CCC4CC(=O)CC[C@@H]43)[C@@H]1CC[C@@H]2O. The molecule has 0 bridgehead atoms. The van der Waals surface area contributed by atoms with E-state index in [0.29, 0.717) is 11.7 Å². The van der Waals surface area contributed by atoms with Gasteiger partial charge in [-0.05, 0) is 80.0 Å². The van der Waals surface area contributed by atoms with Crippen molar-refractivity contribution >= 4 is 5.78 Å². The van der Waals surface area contributed by atoms with Crippen LogP contribution >= 0.6 is 0 Å². The molecule has 0 aliphatic heterocycles. The average molecular weight is 276 g/mol. The van der Waals surface area contributed by atoms with Gasteiger partial charge >= 0.3 is 0 Å². The molecule has 4 aliphatic carbocycles. The standard InChI is InChI=1S/C18H28O2/c1-18-9-8-14-13-5-3-12(19)10-11(13)2-4-15(14)16(18)6-7-17(18)20/h11,13-17,20H,2-10H2,1H3/t11?,13-,14+,15+,16-,17-,18-/m0/s1. The maximum absolute atomic E-state index is 11.7. The number of ketones is 1. The minimum Gasteiger partial charge on any atom is -0.393 e. The molecule has 2 heteroatoms. The predicted molar refractivity (Wildman–Crippen MR) is 78.1 cm³/mol. The van der Waals surface area contributed by atoms with E-state index in [9.17, 15) is 9.90 Å².